The third-order valence-electron chi connectivity index (χ3n) is 4.85. The van der Waals surface area contributed by atoms with Gasteiger partial charge in [0.25, 0.3) is 0 Å². The second-order valence-electron chi connectivity index (χ2n) is 6.01. The van der Waals surface area contributed by atoms with Crippen LogP contribution < -0.4 is 10.6 Å². The van der Waals surface area contributed by atoms with Crippen LogP contribution in [0.2, 0.25) is 0 Å². The van der Waals surface area contributed by atoms with Gasteiger partial charge in [0.05, 0.1) is 25.5 Å². The first-order chi connectivity index (χ1) is 10.1. The van der Waals surface area contributed by atoms with Crippen LogP contribution in [0.5, 0.6) is 0 Å². The van der Waals surface area contributed by atoms with Gasteiger partial charge in [0.15, 0.2) is 5.82 Å². The lowest BCUT2D eigenvalue weighted by atomic mass is 9.73. The van der Waals surface area contributed by atoms with Crippen LogP contribution in [-0.2, 0) is 11.3 Å². The predicted molar refractivity (Wildman–Crippen MR) is 82.9 cm³/mol. The highest BCUT2D eigenvalue weighted by Crippen LogP contribution is 2.41. The topological polar surface area (TPSA) is 84.5 Å². The molecule has 3 rings (SSSR count). The zero-order valence-electron chi connectivity index (χ0n) is 12.1. The van der Waals surface area contributed by atoms with Gasteiger partial charge in [0, 0.05) is 24.5 Å². The van der Waals surface area contributed by atoms with Gasteiger partial charge >= 0.3 is 0 Å². The molecule has 3 N–H and O–H groups in total. The van der Waals surface area contributed by atoms with Crippen molar-refractivity contribution in [2.24, 2.45) is 11.1 Å². The number of hydrogen-bond acceptors (Lipinski definition) is 6. The highest BCUT2D eigenvalue weighted by atomic mass is 79.9. The number of piperidine rings is 1. The summed E-state index contributed by atoms with van der Waals surface area (Å²) in [7, 11) is 0. The first-order valence-corrected chi connectivity index (χ1v) is 8.09. The van der Waals surface area contributed by atoms with Gasteiger partial charge in [-0.1, -0.05) is 0 Å². The number of aliphatic hydroxyl groups excluding tert-OH is 1. The number of rotatable bonds is 2. The number of anilines is 1. The molecular weight excluding hydrogens is 336 g/mol. The second-order valence-corrected chi connectivity index (χ2v) is 6.82. The van der Waals surface area contributed by atoms with Crippen molar-refractivity contribution in [3.63, 3.8) is 0 Å². The normalized spacial score (nSPS) is 28.3. The van der Waals surface area contributed by atoms with Gasteiger partial charge < -0.3 is 20.5 Å². The Bertz CT molecular complexity index is 520. The maximum atomic E-state index is 9.47. The monoisotopic (exact) mass is 356 g/mol. The fourth-order valence-corrected chi connectivity index (χ4v) is 3.72. The Morgan fingerprint density at radius 1 is 1.52 bits per heavy atom. The Balaban J connectivity index is 1.74. The number of aromatic nitrogens is 2. The predicted octanol–water partition coefficient (Wildman–Crippen LogP) is 1.06. The first kappa shape index (κ1) is 15.1. The van der Waals surface area contributed by atoms with Gasteiger partial charge in [-0.25, -0.2) is 9.97 Å². The summed E-state index contributed by atoms with van der Waals surface area (Å²) in [6.07, 6.45) is 3.78. The van der Waals surface area contributed by atoms with Crippen molar-refractivity contribution in [2.45, 2.75) is 38.5 Å². The van der Waals surface area contributed by atoms with Gasteiger partial charge in [0.1, 0.15) is 10.3 Å². The summed E-state index contributed by atoms with van der Waals surface area (Å²) in [5.41, 5.74) is 7.04. The maximum Gasteiger partial charge on any atom is 0.152 e. The molecule has 21 heavy (non-hydrogen) atoms. The van der Waals surface area contributed by atoms with E-state index in [0.717, 1.165) is 38.4 Å². The lowest BCUT2D eigenvalue weighted by Crippen LogP contribution is -2.51. The summed E-state index contributed by atoms with van der Waals surface area (Å²) >= 11 is 3.29. The second kappa shape index (κ2) is 5.79. The van der Waals surface area contributed by atoms with Crippen molar-refractivity contribution >= 4 is 21.7 Å². The molecular formula is C14H21BrN4O2. The highest BCUT2D eigenvalue weighted by molar-refractivity contribution is 9.10. The standard InChI is InChI=1S/C14H21BrN4O2/c1-9-12(16)14(8-21-9)2-4-19(5-3-14)13-10(7-20)18-11(15)6-17-13/h6,9,12,20H,2-5,7-8,16H2,1H3/t9-,12+/m0/s1. The van der Waals surface area contributed by atoms with Gasteiger partial charge in [-0.05, 0) is 35.7 Å². The number of nitrogens with zero attached hydrogens (tertiary/aromatic N) is 3. The van der Waals surface area contributed by atoms with E-state index in [1.54, 1.807) is 6.20 Å². The summed E-state index contributed by atoms with van der Waals surface area (Å²) in [6.45, 7) is 4.43. The zero-order chi connectivity index (χ0) is 15.0. The number of ether oxygens (including phenoxy) is 1. The Morgan fingerprint density at radius 3 is 2.81 bits per heavy atom. The molecule has 0 bridgehead atoms. The number of hydrogen-bond donors (Lipinski definition) is 2. The average Bonchev–Trinajstić information content (AvgIpc) is 2.77. The maximum absolute atomic E-state index is 9.47. The van der Waals surface area contributed by atoms with E-state index in [1.165, 1.54) is 0 Å². The number of nitrogens with two attached hydrogens (primary N) is 1. The van der Waals surface area contributed by atoms with Crippen LogP contribution in [0, 0.1) is 5.41 Å². The molecule has 2 atom stereocenters. The molecule has 3 heterocycles. The molecule has 1 aromatic rings. The van der Waals surface area contributed by atoms with Crippen LogP contribution in [0.15, 0.2) is 10.8 Å². The quantitative estimate of drug-likeness (QED) is 0.824. The summed E-state index contributed by atoms with van der Waals surface area (Å²) in [5, 5.41) is 9.47. The van der Waals surface area contributed by atoms with E-state index in [4.69, 9.17) is 10.5 Å². The Hall–Kier alpha value is -0.760. The van der Waals surface area contributed by atoms with E-state index in [0.29, 0.717) is 10.3 Å². The third-order valence-corrected chi connectivity index (χ3v) is 5.23. The number of halogens is 1. The minimum Gasteiger partial charge on any atom is -0.390 e. The van der Waals surface area contributed by atoms with Crippen LogP contribution in [0.3, 0.4) is 0 Å². The fourth-order valence-electron chi connectivity index (χ4n) is 3.40. The smallest absolute Gasteiger partial charge is 0.152 e. The SMILES string of the molecule is C[C@@H]1OCC2(CCN(c3ncc(Br)nc3CO)CC2)[C@@H]1N. The molecule has 0 unspecified atom stereocenters. The molecule has 0 saturated carbocycles. The molecule has 2 aliphatic rings. The third kappa shape index (κ3) is 2.67. The lowest BCUT2D eigenvalue weighted by Gasteiger charge is -2.41. The summed E-state index contributed by atoms with van der Waals surface area (Å²) in [5.74, 6) is 0.774. The van der Waals surface area contributed by atoms with E-state index in [9.17, 15) is 5.11 Å². The van der Waals surface area contributed by atoms with Crippen molar-refractivity contribution in [1.82, 2.24) is 9.97 Å². The van der Waals surface area contributed by atoms with E-state index >= 15 is 0 Å². The molecule has 1 aromatic heterocycles. The molecule has 0 amide bonds. The average molecular weight is 357 g/mol. The van der Waals surface area contributed by atoms with Gasteiger partial charge in [-0.15, -0.1) is 0 Å². The fraction of sp³-hybridized carbons (Fsp3) is 0.714. The molecule has 7 heteroatoms. The van der Waals surface area contributed by atoms with Crippen molar-refractivity contribution in [1.29, 1.82) is 0 Å². The van der Waals surface area contributed by atoms with Crippen molar-refractivity contribution in [2.75, 3.05) is 24.6 Å². The van der Waals surface area contributed by atoms with Crippen LogP contribution in [-0.4, -0.2) is 46.9 Å². The van der Waals surface area contributed by atoms with Crippen molar-refractivity contribution < 1.29 is 9.84 Å². The molecule has 6 nitrogen and oxygen atoms in total. The zero-order valence-corrected chi connectivity index (χ0v) is 13.7. The molecule has 0 aromatic carbocycles. The summed E-state index contributed by atoms with van der Waals surface area (Å²) in [4.78, 5) is 10.9. The Labute approximate surface area is 132 Å². The molecule has 2 saturated heterocycles. The van der Waals surface area contributed by atoms with Gasteiger partial charge in [-0.3, -0.25) is 0 Å². The lowest BCUT2D eigenvalue weighted by molar-refractivity contribution is 0.0973. The van der Waals surface area contributed by atoms with Crippen molar-refractivity contribution in [3.05, 3.63) is 16.5 Å². The molecule has 2 fully saturated rings. The molecule has 0 aliphatic carbocycles. The van der Waals surface area contributed by atoms with Gasteiger partial charge in [0.2, 0.25) is 0 Å². The van der Waals surface area contributed by atoms with E-state index in [-0.39, 0.29) is 24.2 Å². The molecule has 0 radical (unpaired) electrons. The van der Waals surface area contributed by atoms with E-state index < -0.39 is 0 Å². The van der Waals surface area contributed by atoms with Crippen molar-refractivity contribution in [3.8, 4) is 0 Å². The highest BCUT2D eigenvalue weighted by Gasteiger charge is 2.47. The van der Waals surface area contributed by atoms with Crippen LogP contribution in [0.25, 0.3) is 0 Å². The number of aliphatic hydroxyl groups is 1. The van der Waals surface area contributed by atoms with Crippen LogP contribution in [0.1, 0.15) is 25.5 Å². The summed E-state index contributed by atoms with van der Waals surface area (Å²) < 4.78 is 6.38. The largest absolute Gasteiger partial charge is 0.390 e. The minimum absolute atomic E-state index is 0.0953. The Morgan fingerprint density at radius 2 is 2.24 bits per heavy atom. The van der Waals surface area contributed by atoms with Crippen LogP contribution >= 0.6 is 15.9 Å². The van der Waals surface area contributed by atoms with Gasteiger partial charge in [-0.2, -0.15) is 0 Å². The molecule has 116 valence electrons. The summed E-state index contributed by atoms with van der Waals surface area (Å²) in [6, 6.07) is 0.105. The van der Waals surface area contributed by atoms with E-state index in [1.807, 2.05) is 0 Å². The first-order valence-electron chi connectivity index (χ1n) is 7.30. The molecule has 1 spiro atoms. The Kier molecular flexibility index (Phi) is 4.18. The van der Waals surface area contributed by atoms with E-state index in [2.05, 4.69) is 37.7 Å². The molecule has 2 aliphatic heterocycles. The minimum atomic E-state index is -0.108. The van der Waals surface area contributed by atoms with Crippen LogP contribution in [0.4, 0.5) is 5.82 Å².